The highest BCUT2D eigenvalue weighted by Crippen LogP contribution is 2.27. The Hall–Kier alpha value is -1.07. The molecule has 20 heavy (non-hydrogen) atoms. The first-order chi connectivity index (χ1) is 9.43. The summed E-state index contributed by atoms with van der Waals surface area (Å²) in [5.41, 5.74) is 1.12. The highest BCUT2D eigenvalue weighted by Gasteiger charge is 2.26. The zero-order valence-electron chi connectivity index (χ0n) is 12.5. The van der Waals surface area contributed by atoms with Crippen molar-refractivity contribution in [3.05, 3.63) is 24.3 Å². The standard InChI is InChI=1S/C15H24N2O2S/c1-12(16-2)15-6-4-5-11-17(15)13-7-9-14(10-8-13)20(3,18)19/h7-10,12,15-16H,4-6,11H2,1-3H3. The molecule has 0 aliphatic carbocycles. The first kappa shape index (κ1) is 15.3. The van der Waals surface area contributed by atoms with E-state index in [0.717, 1.165) is 12.2 Å². The smallest absolute Gasteiger partial charge is 0.175 e. The zero-order chi connectivity index (χ0) is 14.8. The van der Waals surface area contributed by atoms with Gasteiger partial charge in [0.05, 0.1) is 4.90 Å². The van der Waals surface area contributed by atoms with Gasteiger partial charge in [0, 0.05) is 30.6 Å². The van der Waals surface area contributed by atoms with E-state index < -0.39 is 9.84 Å². The van der Waals surface area contributed by atoms with E-state index in [-0.39, 0.29) is 0 Å². The molecule has 5 heteroatoms. The molecular formula is C15H24N2O2S. The molecule has 112 valence electrons. The van der Waals surface area contributed by atoms with Crippen LogP contribution >= 0.6 is 0 Å². The van der Waals surface area contributed by atoms with Gasteiger partial charge in [0.2, 0.25) is 0 Å². The van der Waals surface area contributed by atoms with Crippen LogP contribution in [0.4, 0.5) is 5.69 Å². The average Bonchev–Trinajstić information content (AvgIpc) is 2.45. The quantitative estimate of drug-likeness (QED) is 0.924. The van der Waals surface area contributed by atoms with Crippen molar-refractivity contribution >= 4 is 15.5 Å². The van der Waals surface area contributed by atoms with Gasteiger partial charge in [-0.15, -0.1) is 0 Å². The molecular weight excluding hydrogens is 272 g/mol. The van der Waals surface area contributed by atoms with Crippen molar-refractivity contribution in [2.75, 3.05) is 24.7 Å². The molecule has 1 N–H and O–H groups in total. The van der Waals surface area contributed by atoms with Crippen molar-refractivity contribution in [2.24, 2.45) is 0 Å². The van der Waals surface area contributed by atoms with E-state index in [4.69, 9.17) is 0 Å². The lowest BCUT2D eigenvalue weighted by Gasteiger charge is -2.41. The fourth-order valence-corrected chi connectivity index (χ4v) is 3.51. The monoisotopic (exact) mass is 296 g/mol. The Labute approximate surface area is 122 Å². The summed E-state index contributed by atoms with van der Waals surface area (Å²) in [6.07, 6.45) is 4.87. The normalized spacial score (nSPS) is 21.8. The van der Waals surface area contributed by atoms with E-state index in [2.05, 4.69) is 17.1 Å². The number of piperidine rings is 1. The predicted molar refractivity (Wildman–Crippen MR) is 83.1 cm³/mol. The van der Waals surface area contributed by atoms with Crippen LogP contribution in [-0.4, -0.2) is 40.3 Å². The molecule has 1 aromatic rings. The van der Waals surface area contributed by atoms with Crippen LogP contribution in [-0.2, 0) is 9.84 Å². The molecule has 2 rings (SSSR count). The van der Waals surface area contributed by atoms with Crippen LogP contribution in [0, 0.1) is 0 Å². The van der Waals surface area contributed by atoms with Gasteiger partial charge < -0.3 is 10.2 Å². The Balaban J connectivity index is 2.24. The Bertz CT molecular complexity index is 539. The summed E-state index contributed by atoms with van der Waals surface area (Å²) in [7, 11) is -1.13. The summed E-state index contributed by atoms with van der Waals surface area (Å²) in [5, 5.41) is 3.33. The van der Waals surface area contributed by atoms with E-state index in [9.17, 15) is 8.42 Å². The fourth-order valence-electron chi connectivity index (χ4n) is 2.87. The fraction of sp³-hybridized carbons (Fsp3) is 0.600. The Morgan fingerprint density at radius 3 is 2.45 bits per heavy atom. The van der Waals surface area contributed by atoms with Gasteiger partial charge in [-0.25, -0.2) is 8.42 Å². The van der Waals surface area contributed by atoms with Crippen molar-refractivity contribution in [3.63, 3.8) is 0 Å². The number of anilines is 1. The molecule has 1 aliphatic heterocycles. The maximum Gasteiger partial charge on any atom is 0.175 e. The van der Waals surface area contributed by atoms with Crippen molar-refractivity contribution in [1.82, 2.24) is 5.32 Å². The van der Waals surface area contributed by atoms with Crippen LogP contribution in [0.3, 0.4) is 0 Å². The van der Waals surface area contributed by atoms with Crippen molar-refractivity contribution in [3.8, 4) is 0 Å². The molecule has 0 aromatic heterocycles. The summed E-state index contributed by atoms with van der Waals surface area (Å²) in [6, 6.07) is 8.16. The molecule has 0 saturated carbocycles. The summed E-state index contributed by atoms with van der Waals surface area (Å²) in [5.74, 6) is 0. The number of sulfone groups is 1. The minimum absolute atomic E-state index is 0.386. The second kappa shape index (κ2) is 6.14. The first-order valence-electron chi connectivity index (χ1n) is 7.17. The first-order valence-corrected chi connectivity index (χ1v) is 9.06. The average molecular weight is 296 g/mol. The van der Waals surface area contributed by atoms with Gasteiger partial charge in [-0.3, -0.25) is 0 Å². The van der Waals surface area contributed by atoms with Crippen LogP contribution in [0.15, 0.2) is 29.2 Å². The number of hydrogen-bond acceptors (Lipinski definition) is 4. The number of likely N-dealkylation sites (N-methyl/N-ethyl adjacent to an activating group) is 1. The van der Waals surface area contributed by atoms with Crippen LogP contribution in [0.5, 0.6) is 0 Å². The Morgan fingerprint density at radius 1 is 1.25 bits per heavy atom. The van der Waals surface area contributed by atoms with Gasteiger partial charge in [0.25, 0.3) is 0 Å². The molecule has 2 unspecified atom stereocenters. The predicted octanol–water partition coefficient (Wildman–Crippen LogP) is 2.06. The van der Waals surface area contributed by atoms with E-state index >= 15 is 0 Å². The third-order valence-electron chi connectivity index (χ3n) is 4.18. The maximum atomic E-state index is 11.5. The van der Waals surface area contributed by atoms with Crippen molar-refractivity contribution in [2.45, 2.75) is 43.2 Å². The van der Waals surface area contributed by atoms with E-state index in [1.165, 1.54) is 25.5 Å². The number of benzene rings is 1. The van der Waals surface area contributed by atoms with Gasteiger partial charge in [0.15, 0.2) is 9.84 Å². The molecule has 0 radical (unpaired) electrons. The largest absolute Gasteiger partial charge is 0.367 e. The SMILES string of the molecule is CNC(C)C1CCCCN1c1ccc(S(C)(=O)=O)cc1. The van der Waals surface area contributed by atoms with Crippen LogP contribution < -0.4 is 10.2 Å². The lowest BCUT2D eigenvalue weighted by atomic mass is 9.96. The Kier molecular flexibility index (Phi) is 4.70. The van der Waals surface area contributed by atoms with E-state index in [1.54, 1.807) is 12.1 Å². The molecule has 0 bridgehead atoms. The third kappa shape index (κ3) is 3.33. The van der Waals surface area contributed by atoms with E-state index in [1.807, 2.05) is 19.2 Å². The molecule has 1 fully saturated rings. The van der Waals surface area contributed by atoms with Gasteiger partial charge >= 0.3 is 0 Å². The molecule has 0 spiro atoms. The van der Waals surface area contributed by atoms with E-state index in [0.29, 0.717) is 17.0 Å². The molecule has 1 saturated heterocycles. The van der Waals surface area contributed by atoms with Crippen molar-refractivity contribution < 1.29 is 8.42 Å². The second-order valence-electron chi connectivity index (χ2n) is 5.60. The maximum absolute atomic E-state index is 11.5. The van der Waals surface area contributed by atoms with Gasteiger partial charge in [-0.05, 0) is 57.5 Å². The minimum Gasteiger partial charge on any atom is -0.367 e. The topological polar surface area (TPSA) is 49.4 Å². The Morgan fingerprint density at radius 2 is 1.90 bits per heavy atom. The van der Waals surface area contributed by atoms with Crippen molar-refractivity contribution in [1.29, 1.82) is 0 Å². The van der Waals surface area contributed by atoms with Crippen LogP contribution in [0.2, 0.25) is 0 Å². The molecule has 1 aliphatic rings. The molecule has 1 aromatic carbocycles. The lowest BCUT2D eigenvalue weighted by molar-refractivity contribution is 0.382. The molecule has 1 heterocycles. The highest BCUT2D eigenvalue weighted by molar-refractivity contribution is 7.90. The third-order valence-corrected chi connectivity index (χ3v) is 5.31. The van der Waals surface area contributed by atoms with Gasteiger partial charge in [0.1, 0.15) is 0 Å². The molecule has 0 amide bonds. The van der Waals surface area contributed by atoms with Crippen LogP contribution in [0.1, 0.15) is 26.2 Å². The summed E-state index contributed by atoms with van der Waals surface area (Å²) < 4.78 is 23.0. The highest BCUT2D eigenvalue weighted by atomic mass is 32.2. The zero-order valence-corrected chi connectivity index (χ0v) is 13.3. The summed E-state index contributed by atoms with van der Waals surface area (Å²) >= 11 is 0. The molecule has 2 atom stereocenters. The van der Waals surface area contributed by atoms with Crippen LogP contribution in [0.25, 0.3) is 0 Å². The number of hydrogen-bond donors (Lipinski definition) is 1. The summed E-state index contributed by atoms with van der Waals surface area (Å²) in [4.78, 5) is 2.79. The van der Waals surface area contributed by atoms with Gasteiger partial charge in [-0.1, -0.05) is 0 Å². The lowest BCUT2D eigenvalue weighted by Crippen LogP contribution is -2.50. The molecule has 4 nitrogen and oxygen atoms in total. The van der Waals surface area contributed by atoms with Gasteiger partial charge in [-0.2, -0.15) is 0 Å². The second-order valence-corrected chi connectivity index (χ2v) is 7.62. The minimum atomic E-state index is -3.12. The number of nitrogens with one attached hydrogen (secondary N) is 1. The number of nitrogens with zero attached hydrogens (tertiary/aromatic N) is 1. The number of rotatable bonds is 4. The summed E-state index contributed by atoms with van der Waals surface area (Å²) in [6.45, 7) is 3.24.